The largest absolute Gasteiger partial charge is 0.368 e. The van der Waals surface area contributed by atoms with Crippen molar-refractivity contribution in [1.29, 1.82) is 0 Å². The summed E-state index contributed by atoms with van der Waals surface area (Å²) in [4.78, 5) is 27.3. The summed E-state index contributed by atoms with van der Waals surface area (Å²) in [6.07, 6.45) is 6.86. The van der Waals surface area contributed by atoms with E-state index in [9.17, 15) is 9.70 Å². The number of carbonyl (C=O) groups is 1. The lowest BCUT2D eigenvalue weighted by atomic mass is 10.1. The number of piperazine rings is 1. The molecule has 26 heavy (non-hydrogen) atoms. The molecule has 3 rings (SSSR count). The Hall–Kier alpha value is -3.21. The van der Waals surface area contributed by atoms with E-state index in [4.69, 9.17) is 0 Å². The van der Waals surface area contributed by atoms with E-state index in [1.807, 2.05) is 40.4 Å². The van der Waals surface area contributed by atoms with Crippen LogP contribution in [-0.4, -0.2) is 37.0 Å². The number of amides is 1. The normalized spacial score (nSPS) is 14.9. The second kappa shape index (κ2) is 8.76. The lowest BCUT2D eigenvalue weighted by Gasteiger charge is -2.35. The fourth-order valence-corrected chi connectivity index (χ4v) is 2.96. The smallest absolute Gasteiger partial charge is 0.260 e. The van der Waals surface area contributed by atoms with Gasteiger partial charge in [-0.3, -0.25) is 4.79 Å². The van der Waals surface area contributed by atoms with Crippen LogP contribution in [0.3, 0.4) is 0 Å². The standard InChI is InChI=1S/C21H21N3O2/c25-21(13-7-5-9-18-8-4-6-12-20(18)22-26)24-16-14-23(15-17-24)19-10-2-1-3-11-19/h1-13H,14-17H2/p+1/b9-5+,13-7+. The highest BCUT2D eigenvalue weighted by molar-refractivity contribution is 5.88. The van der Waals surface area contributed by atoms with E-state index < -0.39 is 0 Å². The first-order valence-corrected chi connectivity index (χ1v) is 8.69. The van der Waals surface area contributed by atoms with Crippen LogP contribution in [0, 0.1) is 4.91 Å². The van der Waals surface area contributed by atoms with Gasteiger partial charge in [0.1, 0.15) is 0 Å². The number of benzene rings is 2. The third kappa shape index (κ3) is 4.45. The zero-order chi connectivity index (χ0) is 18.2. The topological polar surface area (TPSA) is 54.6 Å². The number of para-hydroxylation sites is 2. The molecule has 0 aromatic heterocycles. The number of anilines is 1. The number of nitroso groups, excluding NO2 is 1. The van der Waals surface area contributed by atoms with Gasteiger partial charge >= 0.3 is 0 Å². The molecule has 2 aromatic rings. The third-order valence-corrected chi connectivity index (χ3v) is 4.41. The molecule has 0 aliphatic carbocycles. The summed E-state index contributed by atoms with van der Waals surface area (Å²) in [5.74, 6) is 0.0117. The molecule has 5 heteroatoms. The Morgan fingerprint density at radius 3 is 2.31 bits per heavy atom. The molecule has 0 saturated carbocycles. The van der Waals surface area contributed by atoms with Crippen LogP contribution in [0.25, 0.3) is 6.08 Å². The quantitative estimate of drug-likeness (QED) is 0.665. The summed E-state index contributed by atoms with van der Waals surface area (Å²) in [5, 5.41) is 1.91. The van der Waals surface area contributed by atoms with E-state index in [-0.39, 0.29) is 5.91 Å². The first-order chi connectivity index (χ1) is 12.8. The minimum atomic E-state index is 0.0117. The summed E-state index contributed by atoms with van der Waals surface area (Å²) in [5.41, 5.74) is 2.50. The molecule has 1 amide bonds. The molecule has 0 bridgehead atoms. The summed E-state index contributed by atoms with van der Waals surface area (Å²) in [7, 11) is 0. The van der Waals surface area contributed by atoms with E-state index in [1.165, 1.54) is 5.69 Å². The van der Waals surface area contributed by atoms with E-state index in [2.05, 4.69) is 17.0 Å². The molecule has 0 unspecified atom stereocenters. The van der Waals surface area contributed by atoms with Crippen molar-refractivity contribution in [2.45, 2.75) is 0 Å². The molecule has 0 atom stereocenters. The van der Waals surface area contributed by atoms with Crippen LogP contribution in [0.2, 0.25) is 0 Å². The van der Waals surface area contributed by atoms with Gasteiger partial charge in [-0.15, -0.1) is 0 Å². The van der Waals surface area contributed by atoms with Crippen molar-refractivity contribution in [3.63, 3.8) is 0 Å². The van der Waals surface area contributed by atoms with Crippen LogP contribution in [0.5, 0.6) is 0 Å². The van der Waals surface area contributed by atoms with Gasteiger partial charge in [-0.05, 0) is 24.3 Å². The van der Waals surface area contributed by atoms with E-state index >= 15 is 0 Å². The van der Waals surface area contributed by atoms with Crippen molar-refractivity contribution < 1.29 is 9.97 Å². The highest BCUT2D eigenvalue weighted by atomic mass is 16.3. The third-order valence-electron chi connectivity index (χ3n) is 4.41. The van der Waals surface area contributed by atoms with Crippen LogP contribution >= 0.6 is 0 Å². The van der Waals surface area contributed by atoms with Crippen molar-refractivity contribution in [3.05, 3.63) is 83.3 Å². The van der Waals surface area contributed by atoms with Crippen molar-refractivity contribution >= 4 is 23.4 Å². The van der Waals surface area contributed by atoms with Gasteiger partial charge in [0.2, 0.25) is 5.91 Å². The van der Waals surface area contributed by atoms with Gasteiger partial charge in [0.15, 0.2) is 0 Å². The maximum atomic E-state index is 12.3. The number of allylic oxidation sites excluding steroid dienone is 2. The number of carbonyl (C=O) groups excluding carboxylic acids is 1. The van der Waals surface area contributed by atoms with Gasteiger partial charge in [0.05, 0.1) is 5.56 Å². The van der Waals surface area contributed by atoms with Gasteiger partial charge in [-0.2, -0.15) is 0 Å². The predicted molar refractivity (Wildman–Crippen MR) is 104 cm³/mol. The molecule has 1 aliphatic rings. The first-order valence-electron chi connectivity index (χ1n) is 8.69. The highest BCUT2D eigenvalue weighted by Gasteiger charge is 2.19. The predicted octanol–water partition coefficient (Wildman–Crippen LogP) is 2.08. The van der Waals surface area contributed by atoms with Crippen molar-refractivity contribution in [2.75, 3.05) is 31.1 Å². The summed E-state index contributed by atoms with van der Waals surface area (Å²) in [6.45, 7) is 3.10. The number of nitrogens with one attached hydrogen (secondary N) is 1. The van der Waals surface area contributed by atoms with E-state index in [0.717, 1.165) is 18.7 Å². The summed E-state index contributed by atoms with van der Waals surface area (Å²) in [6, 6.07) is 17.5. The Kier molecular flexibility index (Phi) is 5.93. The summed E-state index contributed by atoms with van der Waals surface area (Å²) >= 11 is 0. The molecule has 1 N–H and O–H groups in total. The number of nitrogens with zero attached hydrogens (tertiary/aromatic N) is 2. The molecule has 5 nitrogen and oxygen atoms in total. The van der Waals surface area contributed by atoms with Crippen LogP contribution in [0.15, 0.2) is 72.8 Å². The van der Waals surface area contributed by atoms with Gasteiger partial charge in [0.25, 0.3) is 5.69 Å². The van der Waals surface area contributed by atoms with E-state index in [0.29, 0.717) is 18.8 Å². The molecular weight excluding hydrogens is 326 g/mol. The van der Waals surface area contributed by atoms with Crippen LogP contribution < -0.4 is 10.1 Å². The molecule has 1 saturated heterocycles. The maximum absolute atomic E-state index is 12.3. The minimum Gasteiger partial charge on any atom is -0.368 e. The maximum Gasteiger partial charge on any atom is 0.260 e. The average molecular weight is 348 g/mol. The molecule has 2 aromatic carbocycles. The first kappa shape index (κ1) is 17.6. The second-order valence-corrected chi connectivity index (χ2v) is 6.06. The van der Waals surface area contributed by atoms with E-state index in [1.54, 1.807) is 36.4 Å². The zero-order valence-corrected chi connectivity index (χ0v) is 14.5. The molecular formula is C21H22N3O2+. The van der Waals surface area contributed by atoms with Crippen LogP contribution in [0.4, 0.5) is 11.4 Å². The average Bonchev–Trinajstić information content (AvgIpc) is 2.72. The molecule has 0 radical (unpaired) electrons. The zero-order valence-electron chi connectivity index (χ0n) is 14.5. The Balaban J connectivity index is 1.52. The SMILES string of the molecule is O=[NH+]c1ccccc1/C=C/C=C/C(=O)N1CCN(c2ccccc2)CC1. The Morgan fingerprint density at radius 1 is 0.885 bits per heavy atom. The van der Waals surface area contributed by atoms with Crippen LogP contribution in [-0.2, 0) is 4.79 Å². The van der Waals surface area contributed by atoms with Crippen molar-refractivity contribution in [2.24, 2.45) is 0 Å². The minimum absolute atomic E-state index is 0.0117. The van der Waals surface area contributed by atoms with Gasteiger partial charge in [-0.1, -0.05) is 42.5 Å². The number of hydrogen-bond acceptors (Lipinski definition) is 3. The summed E-state index contributed by atoms with van der Waals surface area (Å²) < 4.78 is 0. The molecule has 1 aliphatic heterocycles. The molecule has 1 fully saturated rings. The molecule has 1 heterocycles. The van der Waals surface area contributed by atoms with Gasteiger partial charge in [-0.25, -0.2) is 0 Å². The lowest BCUT2D eigenvalue weighted by molar-refractivity contribution is -0.379. The van der Waals surface area contributed by atoms with Crippen LogP contribution in [0.1, 0.15) is 5.56 Å². The fourth-order valence-electron chi connectivity index (χ4n) is 2.96. The molecule has 132 valence electrons. The Labute approximate surface area is 153 Å². The highest BCUT2D eigenvalue weighted by Crippen LogP contribution is 2.15. The fraction of sp³-hybridized carbons (Fsp3) is 0.190. The van der Waals surface area contributed by atoms with Crippen molar-refractivity contribution in [1.82, 2.24) is 4.90 Å². The lowest BCUT2D eigenvalue weighted by Crippen LogP contribution is -2.56. The van der Waals surface area contributed by atoms with Gasteiger partial charge < -0.3 is 9.80 Å². The molecule has 0 spiro atoms. The van der Waals surface area contributed by atoms with Crippen molar-refractivity contribution in [3.8, 4) is 0 Å². The number of rotatable bonds is 5. The Morgan fingerprint density at radius 2 is 1.58 bits per heavy atom. The monoisotopic (exact) mass is 348 g/mol. The van der Waals surface area contributed by atoms with Gasteiger partial charge in [0, 0.05) is 54.1 Å². The Bertz CT molecular complexity index is 807. The second-order valence-electron chi connectivity index (χ2n) is 6.06. The number of hydrogen-bond donors (Lipinski definition) is 1.